The van der Waals surface area contributed by atoms with Gasteiger partial charge in [0.2, 0.25) is 5.91 Å². The van der Waals surface area contributed by atoms with Crippen molar-refractivity contribution in [3.63, 3.8) is 0 Å². The van der Waals surface area contributed by atoms with Crippen LogP contribution in [0.15, 0.2) is 10.6 Å². The van der Waals surface area contributed by atoms with Gasteiger partial charge in [-0.05, 0) is 57.8 Å². The standard InChI is InChI=1S/C22H34N4O3/c1-2-3-18-12-17(24-21(27)19-13-20(29-25-19)14-4-5-14)10-11-26(18)22(28)15-6-8-16(23)9-7-15/h13-18H,2-12,23H2,1H3,(H,24,27)/t15-,16-,17?,18?. The van der Waals surface area contributed by atoms with Gasteiger partial charge in [0.1, 0.15) is 5.76 Å². The molecular weight excluding hydrogens is 368 g/mol. The largest absolute Gasteiger partial charge is 0.360 e. The van der Waals surface area contributed by atoms with Gasteiger partial charge < -0.3 is 20.5 Å². The summed E-state index contributed by atoms with van der Waals surface area (Å²) in [7, 11) is 0. The van der Waals surface area contributed by atoms with Crippen LogP contribution in [0.1, 0.15) is 93.3 Å². The number of rotatable bonds is 6. The summed E-state index contributed by atoms with van der Waals surface area (Å²) in [6, 6.07) is 2.30. The highest BCUT2D eigenvalue weighted by atomic mass is 16.5. The van der Waals surface area contributed by atoms with Gasteiger partial charge in [-0.25, -0.2) is 0 Å². The number of piperidine rings is 1. The van der Waals surface area contributed by atoms with Crippen LogP contribution >= 0.6 is 0 Å². The van der Waals surface area contributed by atoms with Gasteiger partial charge in [-0.1, -0.05) is 18.5 Å². The Morgan fingerprint density at radius 1 is 1.21 bits per heavy atom. The second kappa shape index (κ2) is 8.86. The quantitative estimate of drug-likeness (QED) is 0.762. The van der Waals surface area contributed by atoms with Crippen molar-refractivity contribution in [1.82, 2.24) is 15.4 Å². The number of carbonyl (C=O) groups is 2. The smallest absolute Gasteiger partial charge is 0.273 e. The highest BCUT2D eigenvalue weighted by Crippen LogP contribution is 2.40. The highest BCUT2D eigenvalue weighted by Gasteiger charge is 2.36. The lowest BCUT2D eigenvalue weighted by atomic mass is 9.84. The Morgan fingerprint density at radius 3 is 2.66 bits per heavy atom. The van der Waals surface area contributed by atoms with Gasteiger partial charge in [0, 0.05) is 42.6 Å². The van der Waals surface area contributed by atoms with Crippen LogP contribution in [-0.4, -0.2) is 46.5 Å². The Labute approximate surface area is 172 Å². The average molecular weight is 403 g/mol. The van der Waals surface area contributed by atoms with E-state index in [0.717, 1.165) is 70.0 Å². The maximum absolute atomic E-state index is 13.1. The molecule has 3 N–H and O–H groups in total. The molecule has 0 spiro atoms. The minimum absolute atomic E-state index is 0.0731. The van der Waals surface area contributed by atoms with Crippen LogP contribution in [-0.2, 0) is 4.79 Å². The number of hydrogen-bond donors (Lipinski definition) is 2. The Morgan fingerprint density at radius 2 is 1.97 bits per heavy atom. The van der Waals surface area contributed by atoms with Crippen LogP contribution in [0.3, 0.4) is 0 Å². The molecule has 160 valence electrons. The molecule has 0 radical (unpaired) electrons. The molecule has 2 saturated carbocycles. The number of nitrogens with one attached hydrogen (secondary N) is 1. The van der Waals surface area contributed by atoms with Gasteiger partial charge in [-0.3, -0.25) is 9.59 Å². The van der Waals surface area contributed by atoms with Crippen LogP contribution < -0.4 is 11.1 Å². The summed E-state index contributed by atoms with van der Waals surface area (Å²) in [6.07, 6.45) is 9.55. The fourth-order valence-corrected chi connectivity index (χ4v) is 4.90. The fourth-order valence-electron chi connectivity index (χ4n) is 4.90. The monoisotopic (exact) mass is 402 g/mol. The molecule has 4 rings (SSSR count). The maximum atomic E-state index is 13.1. The molecule has 1 aliphatic heterocycles. The molecule has 2 aliphatic carbocycles. The van der Waals surface area contributed by atoms with E-state index in [9.17, 15) is 9.59 Å². The molecule has 1 aromatic heterocycles. The summed E-state index contributed by atoms with van der Waals surface area (Å²) in [5.41, 5.74) is 6.38. The number of nitrogens with two attached hydrogens (primary N) is 1. The molecule has 2 amide bonds. The van der Waals surface area contributed by atoms with E-state index < -0.39 is 0 Å². The topological polar surface area (TPSA) is 101 Å². The van der Waals surface area contributed by atoms with Crippen molar-refractivity contribution < 1.29 is 14.1 Å². The van der Waals surface area contributed by atoms with E-state index in [0.29, 0.717) is 24.1 Å². The summed E-state index contributed by atoms with van der Waals surface area (Å²) in [6.45, 7) is 2.86. The Kier molecular flexibility index (Phi) is 6.23. The zero-order valence-electron chi connectivity index (χ0n) is 17.4. The Hall–Kier alpha value is -1.89. The van der Waals surface area contributed by atoms with Gasteiger partial charge in [0.25, 0.3) is 5.91 Å². The number of amides is 2. The van der Waals surface area contributed by atoms with Gasteiger partial charge in [-0.2, -0.15) is 0 Å². The van der Waals surface area contributed by atoms with Crippen LogP contribution in [0.4, 0.5) is 0 Å². The molecule has 1 aromatic rings. The van der Waals surface area contributed by atoms with Crippen molar-refractivity contribution in [3.8, 4) is 0 Å². The first-order chi connectivity index (χ1) is 14.0. The molecule has 3 fully saturated rings. The number of carbonyl (C=O) groups excluding carboxylic acids is 2. The summed E-state index contributed by atoms with van der Waals surface area (Å²) < 4.78 is 5.31. The molecule has 0 bridgehead atoms. The minimum atomic E-state index is -0.165. The third-order valence-electron chi connectivity index (χ3n) is 6.82. The van der Waals surface area contributed by atoms with Gasteiger partial charge in [0.15, 0.2) is 5.69 Å². The number of likely N-dealkylation sites (tertiary alicyclic amines) is 1. The van der Waals surface area contributed by atoms with Crippen molar-refractivity contribution in [2.75, 3.05) is 6.54 Å². The Bertz CT molecular complexity index is 721. The van der Waals surface area contributed by atoms with E-state index in [1.807, 2.05) is 0 Å². The molecule has 7 nitrogen and oxygen atoms in total. The van der Waals surface area contributed by atoms with Gasteiger partial charge in [0.05, 0.1) is 0 Å². The lowest BCUT2D eigenvalue weighted by molar-refractivity contribution is -0.140. The molecule has 1 saturated heterocycles. The van der Waals surface area contributed by atoms with E-state index >= 15 is 0 Å². The molecule has 0 aromatic carbocycles. The van der Waals surface area contributed by atoms with Crippen LogP contribution in [0, 0.1) is 5.92 Å². The number of nitrogens with zero attached hydrogens (tertiary/aromatic N) is 2. The number of hydrogen-bond acceptors (Lipinski definition) is 5. The van der Waals surface area contributed by atoms with Crippen molar-refractivity contribution in [3.05, 3.63) is 17.5 Å². The summed E-state index contributed by atoms with van der Waals surface area (Å²) in [5.74, 6) is 1.53. The zero-order valence-corrected chi connectivity index (χ0v) is 17.4. The second-order valence-electron chi connectivity index (χ2n) is 9.17. The normalized spacial score (nSPS) is 30.2. The number of aromatic nitrogens is 1. The summed E-state index contributed by atoms with van der Waals surface area (Å²) >= 11 is 0. The fraction of sp³-hybridized carbons (Fsp3) is 0.773. The first-order valence-electron chi connectivity index (χ1n) is 11.4. The molecule has 2 heterocycles. The maximum Gasteiger partial charge on any atom is 0.273 e. The first kappa shape index (κ1) is 20.4. The third kappa shape index (κ3) is 4.82. The second-order valence-corrected chi connectivity index (χ2v) is 9.17. The first-order valence-corrected chi connectivity index (χ1v) is 11.4. The third-order valence-corrected chi connectivity index (χ3v) is 6.82. The van der Waals surface area contributed by atoms with E-state index in [1.165, 1.54) is 0 Å². The van der Waals surface area contributed by atoms with Crippen LogP contribution in [0.5, 0.6) is 0 Å². The molecule has 2 unspecified atom stereocenters. The SMILES string of the molecule is CCCC1CC(NC(=O)c2cc(C3CC3)on2)CCN1C(=O)[C@H]1CC[C@H](N)CC1. The Balaban J connectivity index is 1.34. The van der Waals surface area contributed by atoms with Gasteiger partial charge in [-0.15, -0.1) is 0 Å². The summed E-state index contributed by atoms with van der Waals surface area (Å²) in [5, 5.41) is 7.07. The van der Waals surface area contributed by atoms with E-state index in [1.54, 1.807) is 6.07 Å². The molecular formula is C22H34N4O3. The lowest BCUT2D eigenvalue weighted by Gasteiger charge is -2.42. The molecule has 2 atom stereocenters. The average Bonchev–Trinajstić information content (AvgIpc) is 3.45. The highest BCUT2D eigenvalue weighted by molar-refractivity contribution is 5.92. The zero-order chi connectivity index (χ0) is 20.4. The molecule has 7 heteroatoms. The van der Waals surface area contributed by atoms with Crippen molar-refractivity contribution in [2.24, 2.45) is 11.7 Å². The van der Waals surface area contributed by atoms with E-state index in [-0.39, 0.29) is 30.0 Å². The predicted molar refractivity (Wildman–Crippen MR) is 109 cm³/mol. The minimum Gasteiger partial charge on any atom is -0.360 e. The molecule has 29 heavy (non-hydrogen) atoms. The van der Waals surface area contributed by atoms with E-state index in [4.69, 9.17) is 10.3 Å². The van der Waals surface area contributed by atoms with Crippen molar-refractivity contribution in [1.29, 1.82) is 0 Å². The van der Waals surface area contributed by atoms with Gasteiger partial charge >= 0.3 is 0 Å². The lowest BCUT2D eigenvalue weighted by Crippen LogP contribution is -2.53. The predicted octanol–water partition coefficient (Wildman–Crippen LogP) is 2.96. The van der Waals surface area contributed by atoms with Crippen LogP contribution in [0.25, 0.3) is 0 Å². The van der Waals surface area contributed by atoms with Crippen molar-refractivity contribution in [2.45, 2.75) is 95.2 Å². The van der Waals surface area contributed by atoms with Crippen LogP contribution in [0.2, 0.25) is 0 Å². The van der Waals surface area contributed by atoms with E-state index in [2.05, 4.69) is 22.3 Å². The van der Waals surface area contributed by atoms with Crippen molar-refractivity contribution >= 4 is 11.8 Å². The molecule has 3 aliphatic rings. The summed E-state index contributed by atoms with van der Waals surface area (Å²) in [4.78, 5) is 27.8.